The number of nitrogen functional groups attached to an aromatic ring is 1. The zero-order valence-electron chi connectivity index (χ0n) is 11.1. The van der Waals surface area contributed by atoms with Crippen LogP contribution in [0.1, 0.15) is 5.82 Å². The molecule has 3 aromatic heterocycles. The van der Waals surface area contributed by atoms with Crippen LogP contribution in [0.25, 0.3) is 16.4 Å². The van der Waals surface area contributed by atoms with Gasteiger partial charge in [-0.25, -0.2) is 4.52 Å². The SMILES string of the molecule is Nc1nnc(SCc2nnc3c4ccccc4c(=O)[nH]n23)s1. The molecule has 0 aliphatic heterocycles. The lowest BCUT2D eigenvalue weighted by Gasteiger charge is -2.01. The number of thioether (sulfide) groups is 1. The molecular weight excluding hydrogens is 322 g/mol. The van der Waals surface area contributed by atoms with E-state index < -0.39 is 0 Å². The first-order valence-electron chi connectivity index (χ1n) is 6.29. The van der Waals surface area contributed by atoms with Crippen molar-refractivity contribution in [3.63, 3.8) is 0 Å². The van der Waals surface area contributed by atoms with Crippen LogP contribution < -0.4 is 11.3 Å². The van der Waals surface area contributed by atoms with Gasteiger partial charge in [0.15, 0.2) is 15.8 Å². The molecule has 1 aromatic carbocycles. The van der Waals surface area contributed by atoms with E-state index in [-0.39, 0.29) is 5.56 Å². The third-order valence-electron chi connectivity index (χ3n) is 3.10. The summed E-state index contributed by atoms with van der Waals surface area (Å²) in [6, 6.07) is 7.31. The Balaban J connectivity index is 1.77. The zero-order chi connectivity index (χ0) is 15.1. The van der Waals surface area contributed by atoms with Crippen molar-refractivity contribution < 1.29 is 0 Å². The van der Waals surface area contributed by atoms with Gasteiger partial charge >= 0.3 is 0 Å². The minimum absolute atomic E-state index is 0.172. The van der Waals surface area contributed by atoms with Gasteiger partial charge in [0.2, 0.25) is 5.13 Å². The third kappa shape index (κ3) is 2.12. The normalized spacial score (nSPS) is 11.5. The molecule has 3 heterocycles. The molecule has 0 radical (unpaired) electrons. The monoisotopic (exact) mass is 331 g/mol. The van der Waals surface area contributed by atoms with Gasteiger partial charge in [0, 0.05) is 5.39 Å². The number of fused-ring (bicyclic) bond motifs is 3. The highest BCUT2D eigenvalue weighted by Gasteiger charge is 2.12. The van der Waals surface area contributed by atoms with Gasteiger partial charge in [-0.3, -0.25) is 9.89 Å². The quantitative estimate of drug-likeness (QED) is 0.544. The van der Waals surface area contributed by atoms with Gasteiger partial charge in [-0.15, -0.1) is 20.4 Å². The van der Waals surface area contributed by atoms with Gasteiger partial charge < -0.3 is 5.73 Å². The van der Waals surface area contributed by atoms with E-state index in [0.717, 1.165) is 9.73 Å². The van der Waals surface area contributed by atoms with Crippen LogP contribution in [0, 0.1) is 0 Å². The van der Waals surface area contributed by atoms with Crippen LogP contribution in [-0.2, 0) is 5.75 Å². The summed E-state index contributed by atoms with van der Waals surface area (Å²) in [6.45, 7) is 0. The molecule has 0 saturated carbocycles. The van der Waals surface area contributed by atoms with Crippen LogP contribution in [-0.4, -0.2) is 30.0 Å². The number of nitrogens with two attached hydrogens (primary N) is 1. The van der Waals surface area contributed by atoms with Crippen molar-refractivity contribution in [3.8, 4) is 0 Å². The van der Waals surface area contributed by atoms with E-state index in [1.807, 2.05) is 18.2 Å². The summed E-state index contributed by atoms with van der Waals surface area (Å²) in [5.74, 6) is 1.14. The summed E-state index contributed by atoms with van der Waals surface area (Å²) < 4.78 is 2.36. The number of benzene rings is 1. The number of rotatable bonds is 3. The Bertz CT molecular complexity index is 1030. The van der Waals surface area contributed by atoms with Crippen molar-refractivity contribution in [2.24, 2.45) is 0 Å². The van der Waals surface area contributed by atoms with Crippen LogP contribution in [0.4, 0.5) is 5.13 Å². The largest absolute Gasteiger partial charge is 0.374 e. The molecule has 4 rings (SSSR count). The average Bonchev–Trinajstić information content (AvgIpc) is 3.12. The minimum atomic E-state index is -0.172. The Morgan fingerprint density at radius 3 is 2.77 bits per heavy atom. The molecule has 8 nitrogen and oxygen atoms in total. The summed E-state index contributed by atoms with van der Waals surface area (Å²) in [7, 11) is 0. The van der Waals surface area contributed by atoms with Crippen LogP contribution in [0.15, 0.2) is 33.4 Å². The predicted molar refractivity (Wildman–Crippen MR) is 85.0 cm³/mol. The molecule has 3 N–H and O–H groups in total. The number of hydrogen-bond donors (Lipinski definition) is 2. The molecule has 0 saturated heterocycles. The topological polar surface area (TPSA) is 115 Å². The molecule has 22 heavy (non-hydrogen) atoms. The molecule has 110 valence electrons. The van der Waals surface area contributed by atoms with Gasteiger partial charge in [-0.05, 0) is 6.07 Å². The van der Waals surface area contributed by atoms with Crippen LogP contribution in [0.3, 0.4) is 0 Å². The van der Waals surface area contributed by atoms with Crippen LogP contribution in [0.5, 0.6) is 0 Å². The number of aromatic amines is 1. The highest BCUT2D eigenvalue weighted by atomic mass is 32.2. The molecule has 0 fully saturated rings. The molecule has 10 heteroatoms. The van der Waals surface area contributed by atoms with Crippen molar-refractivity contribution >= 4 is 44.6 Å². The molecule has 0 aliphatic carbocycles. The van der Waals surface area contributed by atoms with Crippen LogP contribution in [0.2, 0.25) is 0 Å². The number of nitrogens with zero attached hydrogens (tertiary/aromatic N) is 5. The fourth-order valence-corrected chi connectivity index (χ4v) is 3.69. The van der Waals surface area contributed by atoms with E-state index in [4.69, 9.17) is 5.73 Å². The number of nitrogens with one attached hydrogen (secondary N) is 1. The summed E-state index contributed by atoms with van der Waals surface area (Å²) in [4.78, 5) is 12.1. The maximum Gasteiger partial charge on any atom is 0.270 e. The van der Waals surface area contributed by atoms with Gasteiger partial charge in [0.05, 0.1) is 11.1 Å². The fourth-order valence-electron chi connectivity index (χ4n) is 2.14. The van der Waals surface area contributed by atoms with Gasteiger partial charge in [-0.1, -0.05) is 41.3 Å². The summed E-state index contributed by atoms with van der Waals surface area (Å²) >= 11 is 2.75. The predicted octanol–water partition coefficient (Wildman–Crippen LogP) is 1.30. The molecule has 4 aromatic rings. The van der Waals surface area contributed by atoms with Crippen molar-refractivity contribution in [1.29, 1.82) is 0 Å². The summed E-state index contributed by atoms with van der Waals surface area (Å²) in [5, 5.41) is 20.6. The van der Waals surface area contributed by atoms with Crippen LogP contribution >= 0.6 is 23.1 Å². The second kappa shape index (κ2) is 5.07. The number of anilines is 1. The smallest absolute Gasteiger partial charge is 0.270 e. The van der Waals surface area contributed by atoms with E-state index in [1.165, 1.54) is 23.1 Å². The molecule has 0 amide bonds. The Morgan fingerprint density at radius 2 is 2.00 bits per heavy atom. The first kappa shape index (κ1) is 13.2. The molecular formula is C12H9N7OS2. The maximum atomic E-state index is 12.1. The Hall–Kier alpha value is -2.46. The summed E-state index contributed by atoms with van der Waals surface area (Å²) in [5.41, 5.74) is 6.01. The zero-order valence-corrected chi connectivity index (χ0v) is 12.7. The second-order valence-electron chi connectivity index (χ2n) is 4.46. The second-order valence-corrected chi connectivity index (χ2v) is 6.69. The number of aromatic nitrogens is 6. The van der Waals surface area contributed by atoms with E-state index >= 15 is 0 Å². The van der Waals surface area contributed by atoms with Gasteiger partial charge in [0.25, 0.3) is 5.56 Å². The molecule has 0 atom stereocenters. The highest BCUT2D eigenvalue weighted by molar-refractivity contribution is 8.00. The maximum absolute atomic E-state index is 12.1. The average molecular weight is 331 g/mol. The lowest BCUT2D eigenvalue weighted by atomic mass is 10.2. The fraction of sp³-hybridized carbons (Fsp3) is 0.0833. The third-order valence-corrected chi connectivity index (χ3v) is 4.98. The molecule has 0 aliphatic rings. The first-order valence-corrected chi connectivity index (χ1v) is 8.09. The minimum Gasteiger partial charge on any atom is -0.374 e. The molecule has 0 bridgehead atoms. The van der Waals surface area contributed by atoms with Crippen molar-refractivity contribution in [3.05, 3.63) is 40.4 Å². The van der Waals surface area contributed by atoms with E-state index in [1.54, 1.807) is 10.6 Å². The number of hydrogen-bond acceptors (Lipinski definition) is 8. The van der Waals surface area contributed by atoms with Crippen molar-refractivity contribution in [2.75, 3.05) is 5.73 Å². The highest BCUT2D eigenvalue weighted by Crippen LogP contribution is 2.26. The molecule has 0 unspecified atom stereocenters. The van der Waals surface area contributed by atoms with E-state index in [2.05, 4.69) is 25.5 Å². The van der Waals surface area contributed by atoms with E-state index in [9.17, 15) is 4.79 Å². The van der Waals surface area contributed by atoms with Crippen molar-refractivity contribution in [2.45, 2.75) is 10.1 Å². The van der Waals surface area contributed by atoms with Gasteiger partial charge in [0.1, 0.15) is 0 Å². The lowest BCUT2D eigenvalue weighted by molar-refractivity contribution is 0.853. The van der Waals surface area contributed by atoms with Gasteiger partial charge in [-0.2, -0.15) is 0 Å². The van der Waals surface area contributed by atoms with Crippen molar-refractivity contribution in [1.82, 2.24) is 30.0 Å². The first-order chi connectivity index (χ1) is 10.7. The Morgan fingerprint density at radius 1 is 1.18 bits per heavy atom. The summed E-state index contributed by atoms with van der Waals surface area (Å²) in [6.07, 6.45) is 0. The van der Waals surface area contributed by atoms with E-state index in [0.29, 0.717) is 27.7 Å². The lowest BCUT2D eigenvalue weighted by Crippen LogP contribution is -2.13. The Labute approximate surface area is 131 Å². The Kier molecular flexibility index (Phi) is 3.05. The molecule has 0 spiro atoms. The standard InChI is InChI=1S/C12H9N7OS2/c13-11-16-17-12(22-11)21-5-8-14-15-9-6-3-1-2-4-7(6)10(20)18-19(8)9/h1-4H,5H2,(H2,13,16)(H,18,20). The number of H-pyrrole nitrogens is 1.